The van der Waals surface area contributed by atoms with Gasteiger partial charge in [-0.05, 0) is 52.5 Å². The Hall–Kier alpha value is -4.23. The van der Waals surface area contributed by atoms with Crippen LogP contribution >= 0.6 is 0 Å². The molecule has 41 heavy (non-hydrogen) atoms. The zero-order valence-corrected chi connectivity index (χ0v) is 24.2. The number of nitrogens with one attached hydrogen (secondary N) is 1. The normalized spacial score (nSPS) is 17.5. The van der Waals surface area contributed by atoms with Gasteiger partial charge < -0.3 is 20.3 Å². The molecule has 2 atom stereocenters. The highest BCUT2D eigenvalue weighted by atomic mass is 16.5. The Bertz CT molecular complexity index is 1600. The van der Waals surface area contributed by atoms with Crippen LogP contribution in [0, 0.1) is 0 Å². The van der Waals surface area contributed by atoms with Crippen LogP contribution in [0.3, 0.4) is 0 Å². The second-order valence-electron chi connectivity index (χ2n) is 10.7. The number of carbonyl (C=O) groups is 1. The molecule has 218 valence electrons. The zero-order valence-electron chi connectivity index (χ0n) is 24.2. The number of aromatic amines is 1. The molecule has 0 fully saturated rings. The van der Waals surface area contributed by atoms with Gasteiger partial charge in [-0.25, -0.2) is 9.67 Å². The molecule has 13 nitrogen and oxygen atoms in total. The lowest BCUT2D eigenvalue weighted by Crippen LogP contribution is -2.35. The predicted molar refractivity (Wildman–Crippen MR) is 154 cm³/mol. The maximum absolute atomic E-state index is 12.4. The molecule has 0 aromatic carbocycles. The number of aryl methyl sites for hydroxylation is 1. The van der Waals surface area contributed by atoms with E-state index in [0.29, 0.717) is 53.9 Å². The lowest BCUT2D eigenvalue weighted by Gasteiger charge is -2.26. The number of nitrogens with zero attached hydrogens (tertiary/aromatic N) is 7. The summed E-state index contributed by atoms with van der Waals surface area (Å²) in [5, 5.41) is 27.6. The van der Waals surface area contributed by atoms with E-state index in [0.717, 1.165) is 23.2 Å². The van der Waals surface area contributed by atoms with Crippen molar-refractivity contribution in [2.75, 3.05) is 13.1 Å². The molecule has 0 unspecified atom stereocenters. The third kappa shape index (κ3) is 5.68. The van der Waals surface area contributed by atoms with E-state index in [-0.39, 0.29) is 17.9 Å². The summed E-state index contributed by atoms with van der Waals surface area (Å²) < 4.78 is 15.9. The van der Waals surface area contributed by atoms with Gasteiger partial charge in [0.05, 0.1) is 41.3 Å². The number of rotatable bonds is 6. The number of ether oxygens (including phenoxy) is 2. The molecule has 5 heterocycles. The number of carbonyl (C=O) groups excluding carboxylic acids is 1. The molecule has 5 rings (SSSR count). The summed E-state index contributed by atoms with van der Waals surface area (Å²) >= 11 is 0. The molecule has 1 amide bonds. The smallest absolute Gasteiger partial charge is 0.270 e. The Morgan fingerprint density at radius 2 is 2.07 bits per heavy atom. The Labute approximate surface area is 237 Å². The van der Waals surface area contributed by atoms with Gasteiger partial charge in [-0.2, -0.15) is 10.2 Å². The van der Waals surface area contributed by atoms with Crippen molar-refractivity contribution >= 4 is 29.1 Å². The van der Waals surface area contributed by atoms with E-state index in [4.69, 9.17) is 20.3 Å². The van der Waals surface area contributed by atoms with Crippen LogP contribution in [0.2, 0.25) is 0 Å². The van der Waals surface area contributed by atoms with Crippen molar-refractivity contribution in [1.29, 1.82) is 0 Å². The predicted octanol–water partition coefficient (Wildman–Crippen LogP) is 2.60. The summed E-state index contributed by atoms with van der Waals surface area (Å²) in [5.74, 6) is 0.254. The Kier molecular flexibility index (Phi) is 7.82. The number of nitrogens with two attached hydrogens (primary N) is 1. The molecule has 1 aliphatic rings. The van der Waals surface area contributed by atoms with Crippen molar-refractivity contribution in [2.24, 2.45) is 12.8 Å². The van der Waals surface area contributed by atoms with E-state index >= 15 is 0 Å². The highest BCUT2D eigenvalue weighted by molar-refractivity contribution is 6.00. The van der Waals surface area contributed by atoms with Crippen LogP contribution in [0.5, 0.6) is 11.8 Å². The average Bonchev–Trinajstić information content (AvgIpc) is 3.55. The van der Waals surface area contributed by atoms with Gasteiger partial charge in [0.2, 0.25) is 11.8 Å². The van der Waals surface area contributed by atoms with Crippen molar-refractivity contribution in [1.82, 2.24) is 39.6 Å². The molecule has 2 bridgehead atoms. The van der Waals surface area contributed by atoms with Crippen LogP contribution < -0.4 is 15.2 Å². The number of likely N-dealkylation sites (N-methyl/N-ethyl adjacent to an activating group) is 1. The summed E-state index contributed by atoms with van der Waals surface area (Å²) in [5.41, 5.74) is 9.90. The van der Waals surface area contributed by atoms with Gasteiger partial charge in [-0.3, -0.25) is 19.5 Å². The molecular weight excluding hydrogens is 526 g/mol. The zero-order chi connectivity index (χ0) is 29.4. The average molecular weight is 564 g/mol. The van der Waals surface area contributed by atoms with Crippen LogP contribution in [-0.4, -0.2) is 82.1 Å². The minimum atomic E-state index is -0.658. The maximum Gasteiger partial charge on any atom is 0.270 e. The number of amides is 1. The summed E-state index contributed by atoms with van der Waals surface area (Å²) in [6, 6.07) is 1.90. The number of aromatic nitrogens is 7. The van der Waals surface area contributed by atoms with Crippen molar-refractivity contribution < 1.29 is 19.4 Å². The van der Waals surface area contributed by atoms with Crippen LogP contribution in [0.4, 0.5) is 0 Å². The Balaban J connectivity index is 1.74. The fourth-order valence-electron chi connectivity index (χ4n) is 5.07. The van der Waals surface area contributed by atoms with E-state index < -0.39 is 12.0 Å². The van der Waals surface area contributed by atoms with Gasteiger partial charge in [0.1, 0.15) is 6.10 Å². The molecular formula is C28H37N9O4. The topological polar surface area (TPSA) is 162 Å². The molecule has 0 saturated carbocycles. The molecule has 0 spiro atoms. The van der Waals surface area contributed by atoms with Gasteiger partial charge in [-0.15, -0.1) is 5.10 Å². The van der Waals surface area contributed by atoms with E-state index in [1.54, 1.807) is 20.2 Å². The third-order valence-corrected chi connectivity index (χ3v) is 6.87. The van der Waals surface area contributed by atoms with Crippen molar-refractivity contribution in [3.63, 3.8) is 0 Å². The van der Waals surface area contributed by atoms with Gasteiger partial charge >= 0.3 is 0 Å². The summed E-state index contributed by atoms with van der Waals surface area (Å²) in [6.07, 6.45) is 4.52. The van der Waals surface area contributed by atoms with E-state index in [9.17, 15) is 9.90 Å². The van der Waals surface area contributed by atoms with Crippen molar-refractivity contribution in [2.45, 2.75) is 66.0 Å². The third-order valence-electron chi connectivity index (χ3n) is 6.87. The minimum Gasteiger partial charge on any atom is -0.473 e. The number of hydrogen-bond donors (Lipinski definition) is 3. The summed E-state index contributed by atoms with van der Waals surface area (Å²) in [4.78, 5) is 19.2. The number of H-pyrrole nitrogens is 1. The monoisotopic (exact) mass is 563 g/mol. The fraction of sp³-hybridized carbons (Fsp3) is 0.464. The first kappa shape index (κ1) is 28.3. The number of hydrogen-bond acceptors (Lipinski definition) is 9. The van der Waals surface area contributed by atoms with Crippen LogP contribution in [0.1, 0.15) is 62.1 Å². The number of fused-ring (bicyclic) bond motifs is 4. The van der Waals surface area contributed by atoms with E-state index in [1.807, 2.05) is 43.7 Å². The molecule has 4 N–H and O–H groups in total. The van der Waals surface area contributed by atoms with E-state index in [2.05, 4.69) is 32.1 Å². The van der Waals surface area contributed by atoms with Gasteiger partial charge in [0.25, 0.3) is 5.91 Å². The molecule has 0 saturated heterocycles. The Morgan fingerprint density at radius 1 is 1.29 bits per heavy atom. The number of primary amides is 1. The van der Waals surface area contributed by atoms with Gasteiger partial charge in [0.15, 0.2) is 11.3 Å². The van der Waals surface area contributed by atoms with Crippen LogP contribution in [-0.2, 0) is 20.1 Å². The molecule has 4 aromatic heterocycles. The standard InChI is InChI=1S/C28H37N9O4/c1-7-36-13-17(5)41-28-23(24(25(29)39)33-35(28)6)18-10-20-21(31-32-26(20)30-11-18)9-8-19-22(14-36)37(12-16(4)38)34-27(19)40-15(2)3/h8-11,15-17,38H,7,12-14H2,1-6H3,(H2,29,39)(H,30,31,32)/b9-8+/t16-,17-/m0/s1. The lowest BCUT2D eigenvalue weighted by atomic mass is 10.1. The first-order chi connectivity index (χ1) is 19.5. The maximum atomic E-state index is 12.4. The highest BCUT2D eigenvalue weighted by Gasteiger charge is 2.27. The largest absolute Gasteiger partial charge is 0.473 e. The minimum absolute atomic E-state index is 0.0963. The second-order valence-corrected chi connectivity index (χ2v) is 10.7. The molecule has 1 aliphatic heterocycles. The highest BCUT2D eigenvalue weighted by Crippen LogP contribution is 2.36. The lowest BCUT2D eigenvalue weighted by molar-refractivity contribution is 0.0995. The number of aliphatic hydroxyl groups is 1. The van der Waals surface area contributed by atoms with Crippen LogP contribution in [0.25, 0.3) is 34.3 Å². The van der Waals surface area contributed by atoms with E-state index in [1.165, 1.54) is 4.68 Å². The van der Waals surface area contributed by atoms with Gasteiger partial charge in [0, 0.05) is 37.3 Å². The van der Waals surface area contributed by atoms with Crippen molar-refractivity contribution in [3.8, 4) is 22.9 Å². The molecule has 13 heteroatoms. The second kappa shape index (κ2) is 11.3. The first-order valence-corrected chi connectivity index (χ1v) is 13.8. The number of aliphatic hydroxyl groups excluding tert-OH is 1. The quantitative estimate of drug-likeness (QED) is 0.320. The van der Waals surface area contributed by atoms with Crippen LogP contribution in [0.15, 0.2) is 12.3 Å². The molecule has 0 aliphatic carbocycles. The summed E-state index contributed by atoms with van der Waals surface area (Å²) in [7, 11) is 1.72. The van der Waals surface area contributed by atoms with Gasteiger partial charge in [-0.1, -0.05) is 6.92 Å². The van der Waals surface area contributed by atoms with Crippen molar-refractivity contribution in [3.05, 3.63) is 34.9 Å². The fourth-order valence-corrected chi connectivity index (χ4v) is 5.07. The Morgan fingerprint density at radius 3 is 2.76 bits per heavy atom. The first-order valence-electron chi connectivity index (χ1n) is 13.8. The molecule has 0 radical (unpaired) electrons. The summed E-state index contributed by atoms with van der Waals surface area (Å²) in [6.45, 7) is 11.8. The number of pyridine rings is 1. The molecule has 4 aromatic rings. The SMILES string of the molecule is CCN1Cc2c(c(OC(C)C)nn2C[C@H](C)O)/C=C/c2[nH]nc3ncc(cc23)-c2c(C(N)=O)nn(C)c2O[C@@H](C)C1.